The topological polar surface area (TPSA) is 75.7 Å². The van der Waals surface area contributed by atoms with Crippen LogP contribution in [0.25, 0.3) is 11.2 Å². The molecule has 0 aliphatic carbocycles. The van der Waals surface area contributed by atoms with E-state index >= 15 is 0 Å². The quantitative estimate of drug-likeness (QED) is 0.765. The van der Waals surface area contributed by atoms with Crippen molar-refractivity contribution < 1.29 is 4.74 Å². The number of nitrogens with zero attached hydrogens (tertiary/aromatic N) is 3. The van der Waals surface area contributed by atoms with Crippen LogP contribution in [0.4, 0.5) is 5.95 Å². The van der Waals surface area contributed by atoms with Crippen molar-refractivity contribution in [3.8, 4) is 11.6 Å². The van der Waals surface area contributed by atoms with E-state index in [0.29, 0.717) is 28.7 Å². The van der Waals surface area contributed by atoms with Crippen LogP contribution < -0.4 is 10.1 Å². The van der Waals surface area contributed by atoms with Gasteiger partial charge in [-0.3, -0.25) is 0 Å². The number of anilines is 1. The maximum Gasteiger partial charge on any atom is 0.250 e. The number of aromatic nitrogens is 4. The van der Waals surface area contributed by atoms with E-state index in [4.69, 9.17) is 4.74 Å². The lowest BCUT2D eigenvalue weighted by atomic mass is 10.3. The van der Waals surface area contributed by atoms with Crippen molar-refractivity contribution in [2.24, 2.45) is 0 Å². The van der Waals surface area contributed by atoms with Crippen LogP contribution in [-0.4, -0.2) is 26.5 Å². The third kappa shape index (κ3) is 2.57. The van der Waals surface area contributed by atoms with Crippen molar-refractivity contribution in [3.63, 3.8) is 0 Å². The lowest BCUT2D eigenvalue weighted by molar-refractivity contribution is 0.467. The summed E-state index contributed by atoms with van der Waals surface area (Å²) in [6.07, 6.45) is 1.57. The Kier molecular flexibility index (Phi) is 3.51. The molecule has 0 aliphatic heterocycles. The zero-order valence-electron chi connectivity index (χ0n) is 10.7. The Labute approximate surface area is 123 Å². The predicted octanol–water partition coefficient (Wildman–Crippen LogP) is 3.34. The van der Waals surface area contributed by atoms with Gasteiger partial charge in [-0.15, -0.1) is 0 Å². The molecule has 0 saturated carbocycles. The van der Waals surface area contributed by atoms with Gasteiger partial charge in [-0.1, -0.05) is 22.0 Å². The molecule has 1 aromatic carbocycles. The number of hydrogen-bond donors (Lipinski definition) is 2. The number of fused-ring (bicyclic) bond motifs is 1. The highest BCUT2D eigenvalue weighted by molar-refractivity contribution is 9.10. The summed E-state index contributed by atoms with van der Waals surface area (Å²) in [6.45, 7) is 2.71. The molecule has 6 nitrogen and oxygen atoms in total. The molecule has 102 valence electrons. The van der Waals surface area contributed by atoms with Gasteiger partial charge in [-0.25, -0.2) is 4.98 Å². The first kappa shape index (κ1) is 12.9. The molecule has 3 aromatic rings. The van der Waals surface area contributed by atoms with E-state index in [1.807, 2.05) is 31.2 Å². The molecule has 0 aliphatic rings. The third-order valence-corrected chi connectivity index (χ3v) is 3.09. The summed E-state index contributed by atoms with van der Waals surface area (Å²) >= 11 is 3.41. The summed E-state index contributed by atoms with van der Waals surface area (Å²) in [5.41, 5.74) is 1.24. The highest BCUT2D eigenvalue weighted by Crippen LogP contribution is 2.27. The van der Waals surface area contributed by atoms with Crippen LogP contribution in [0.5, 0.6) is 11.6 Å². The van der Waals surface area contributed by atoms with Crippen molar-refractivity contribution >= 4 is 33.0 Å². The Morgan fingerprint density at radius 2 is 2.25 bits per heavy atom. The number of nitrogens with one attached hydrogen (secondary N) is 2. The first-order chi connectivity index (χ1) is 9.76. The van der Waals surface area contributed by atoms with Crippen LogP contribution in [0, 0.1) is 0 Å². The Bertz CT molecular complexity index is 742. The van der Waals surface area contributed by atoms with Crippen molar-refractivity contribution in [1.29, 1.82) is 0 Å². The summed E-state index contributed by atoms with van der Waals surface area (Å²) in [7, 11) is 0. The van der Waals surface area contributed by atoms with E-state index < -0.39 is 0 Å². The number of H-pyrrole nitrogens is 1. The number of halogens is 1. The molecule has 2 heterocycles. The van der Waals surface area contributed by atoms with Gasteiger partial charge in [0.15, 0.2) is 5.65 Å². The fourth-order valence-corrected chi connectivity index (χ4v) is 2.14. The van der Waals surface area contributed by atoms with Crippen LogP contribution in [-0.2, 0) is 0 Å². The minimum absolute atomic E-state index is 0.446. The van der Waals surface area contributed by atoms with Crippen molar-refractivity contribution in [2.75, 3.05) is 11.9 Å². The number of rotatable bonds is 4. The molecular formula is C13H12BrN5O. The molecule has 2 aromatic heterocycles. The molecule has 0 bridgehead atoms. The van der Waals surface area contributed by atoms with E-state index in [0.717, 1.165) is 11.0 Å². The lowest BCUT2D eigenvalue weighted by Crippen LogP contribution is -2.03. The first-order valence-corrected chi connectivity index (χ1v) is 6.94. The monoisotopic (exact) mass is 333 g/mol. The third-order valence-electron chi connectivity index (χ3n) is 2.60. The SMILES string of the molecule is CCNc1nc(Oc2cccc(Br)c2)c2[nH]cnc2n1. The average Bonchev–Trinajstić information content (AvgIpc) is 2.87. The molecule has 7 heteroatoms. The van der Waals surface area contributed by atoms with Crippen molar-refractivity contribution in [2.45, 2.75) is 6.92 Å². The van der Waals surface area contributed by atoms with Gasteiger partial charge in [-0.05, 0) is 25.1 Å². The molecule has 0 saturated heterocycles. The second-order valence-corrected chi connectivity index (χ2v) is 4.96. The Balaban J connectivity index is 2.02. The molecule has 0 atom stereocenters. The normalized spacial score (nSPS) is 10.7. The molecule has 2 N–H and O–H groups in total. The van der Waals surface area contributed by atoms with Gasteiger partial charge in [-0.2, -0.15) is 9.97 Å². The van der Waals surface area contributed by atoms with Gasteiger partial charge in [0.2, 0.25) is 5.95 Å². The Hall–Kier alpha value is -2.15. The zero-order chi connectivity index (χ0) is 13.9. The molecule has 0 spiro atoms. The summed E-state index contributed by atoms with van der Waals surface area (Å²) < 4.78 is 6.77. The largest absolute Gasteiger partial charge is 0.437 e. The van der Waals surface area contributed by atoms with Crippen LogP contribution >= 0.6 is 15.9 Å². The number of ether oxygens (including phenoxy) is 1. The van der Waals surface area contributed by atoms with Crippen molar-refractivity contribution in [1.82, 2.24) is 19.9 Å². The van der Waals surface area contributed by atoms with Crippen molar-refractivity contribution in [3.05, 3.63) is 35.1 Å². The number of hydrogen-bond acceptors (Lipinski definition) is 5. The minimum atomic E-state index is 0.446. The van der Waals surface area contributed by atoms with E-state index in [1.54, 1.807) is 6.33 Å². The second-order valence-electron chi connectivity index (χ2n) is 4.04. The number of benzene rings is 1. The maximum absolute atomic E-state index is 5.83. The van der Waals surface area contributed by atoms with Crippen LogP contribution in [0.1, 0.15) is 6.92 Å². The summed E-state index contributed by atoms with van der Waals surface area (Å²) in [6, 6.07) is 7.57. The Morgan fingerprint density at radius 3 is 3.05 bits per heavy atom. The minimum Gasteiger partial charge on any atom is -0.437 e. The van der Waals surface area contributed by atoms with Crippen LogP contribution in [0.3, 0.4) is 0 Å². The molecule has 20 heavy (non-hydrogen) atoms. The van der Waals surface area contributed by atoms with E-state index in [1.165, 1.54) is 0 Å². The smallest absolute Gasteiger partial charge is 0.250 e. The van der Waals surface area contributed by atoms with Gasteiger partial charge >= 0.3 is 0 Å². The standard InChI is InChI=1S/C13H12BrN5O/c1-2-15-13-18-11-10(16-7-17-11)12(19-13)20-9-5-3-4-8(14)6-9/h3-7H,2H2,1H3,(H2,15,16,17,18,19). The molecule has 3 rings (SSSR count). The Morgan fingerprint density at radius 1 is 1.35 bits per heavy atom. The predicted molar refractivity (Wildman–Crippen MR) is 80.1 cm³/mol. The fraction of sp³-hybridized carbons (Fsp3) is 0.154. The average molecular weight is 334 g/mol. The molecule has 0 fully saturated rings. The van der Waals surface area contributed by atoms with E-state index in [-0.39, 0.29) is 0 Å². The van der Waals surface area contributed by atoms with Crippen LogP contribution in [0.15, 0.2) is 35.1 Å². The first-order valence-electron chi connectivity index (χ1n) is 6.14. The number of aromatic amines is 1. The lowest BCUT2D eigenvalue weighted by Gasteiger charge is -2.08. The second kappa shape index (κ2) is 5.46. The highest BCUT2D eigenvalue weighted by atomic mass is 79.9. The highest BCUT2D eigenvalue weighted by Gasteiger charge is 2.11. The van der Waals surface area contributed by atoms with Gasteiger partial charge < -0.3 is 15.0 Å². The van der Waals surface area contributed by atoms with E-state index in [2.05, 4.69) is 41.2 Å². The summed E-state index contributed by atoms with van der Waals surface area (Å²) in [5.74, 6) is 1.63. The van der Waals surface area contributed by atoms with Gasteiger partial charge in [0.1, 0.15) is 11.3 Å². The molecule has 0 unspecified atom stereocenters. The summed E-state index contributed by atoms with van der Waals surface area (Å²) in [5, 5.41) is 3.06. The van der Waals surface area contributed by atoms with Gasteiger partial charge in [0, 0.05) is 11.0 Å². The summed E-state index contributed by atoms with van der Waals surface area (Å²) in [4.78, 5) is 15.8. The fourth-order valence-electron chi connectivity index (χ4n) is 1.76. The molecule has 0 radical (unpaired) electrons. The maximum atomic E-state index is 5.83. The number of imidazole rings is 1. The van der Waals surface area contributed by atoms with Crippen LogP contribution in [0.2, 0.25) is 0 Å². The molecule has 0 amide bonds. The molecular weight excluding hydrogens is 322 g/mol. The zero-order valence-corrected chi connectivity index (χ0v) is 12.3. The van der Waals surface area contributed by atoms with Gasteiger partial charge in [0.05, 0.1) is 6.33 Å². The van der Waals surface area contributed by atoms with E-state index in [9.17, 15) is 0 Å². The van der Waals surface area contributed by atoms with Gasteiger partial charge in [0.25, 0.3) is 5.88 Å².